The monoisotopic (exact) mass is 205 g/mol. The molecule has 3 heteroatoms. The molecule has 0 fully saturated rings. The minimum atomic E-state index is -0.314. The Balaban J connectivity index is 2.62. The third kappa shape index (κ3) is 3.56. The van der Waals surface area contributed by atoms with Crippen LogP contribution in [0.2, 0.25) is 0 Å². The number of nitrogens with one attached hydrogen (secondary N) is 1. The smallest absolute Gasteiger partial charge is 0.338 e. The van der Waals surface area contributed by atoms with Gasteiger partial charge in [0, 0.05) is 6.54 Å². The highest BCUT2D eigenvalue weighted by Gasteiger charge is 2.05. The van der Waals surface area contributed by atoms with Crippen LogP contribution in [-0.4, -0.2) is 19.6 Å². The van der Waals surface area contributed by atoms with Crippen LogP contribution in [-0.2, 0) is 11.3 Å². The van der Waals surface area contributed by atoms with Gasteiger partial charge in [0.2, 0.25) is 0 Å². The second-order valence-electron chi connectivity index (χ2n) is 3.11. The largest absolute Gasteiger partial charge is 0.458 e. The number of carbonyl (C=O) groups is 1. The van der Waals surface area contributed by atoms with Gasteiger partial charge in [-0.05, 0) is 24.7 Å². The molecule has 80 valence electrons. The third-order valence-corrected chi connectivity index (χ3v) is 1.90. The zero-order chi connectivity index (χ0) is 11.1. The predicted molar refractivity (Wildman–Crippen MR) is 59.7 cm³/mol. The highest BCUT2D eigenvalue weighted by atomic mass is 16.5. The van der Waals surface area contributed by atoms with Gasteiger partial charge in [-0.25, -0.2) is 4.79 Å². The summed E-state index contributed by atoms with van der Waals surface area (Å²) in [5, 5.41) is 3.04. The van der Waals surface area contributed by atoms with Gasteiger partial charge in [0.15, 0.2) is 0 Å². The minimum Gasteiger partial charge on any atom is -0.458 e. The van der Waals surface area contributed by atoms with Crippen molar-refractivity contribution in [3.8, 4) is 0 Å². The molecular formula is C12H15NO2. The van der Waals surface area contributed by atoms with Gasteiger partial charge in [-0.2, -0.15) is 0 Å². The first-order chi connectivity index (χ1) is 7.27. The van der Waals surface area contributed by atoms with E-state index in [4.69, 9.17) is 4.74 Å². The summed E-state index contributed by atoms with van der Waals surface area (Å²) in [5.41, 5.74) is 1.70. The van der Waals surface area contributed by atoms with Crippen LogP contribution in [0.1, 0.15) is 15.9 Å². The van der Waals surface area contributed by atoms with Crippen LogP contribution in [0, 0.1) is 0 Å². The molecule has 1 N–H and O–H groups in total. The summed E-state index contributed by atoms with van der Waals surface area (Å²) in [6, 6.07) is 7.33. The fraction of sp³-hybridized carbons (Fsp3) is 0.250. The van der Waals surface area contributed by atoms with E-state index in [1.807, 2.05) is 19.2 Å². The molecule has 15 heavy (non-hydrogen) atoms. The van der Waals surface area contributed by atoms with E-state index in [9.17, 15) is 4.79 Å². The molecule has 0 atom stereocenters. The maximum Gasteiger partial charge on any atom is 0.338 e. The van der Waals surface area contributed by atoms with Crippen molar-refractivity contribution < 1.29 is 9.53 Å². The lowest BCUT2D eigenvalue weighted by molar-refractivity contribution is 0.0550. The van der Waals surface area contributed by atoms with Crippen molar-refractivity contribution in [3.05, 3.63) is 48.0 Å². The van der Waals surface area contributed by atoms with Gasteiger partial charge in [0.25, 0.3) is 0 Å². The molecule has 0 heterocycles. The second-order valence-corrected chi connectivity index (χ2v) is 3.11. The summed E-state index contributed by atoms with van der Waals surface area (Å²) in [4.78, 5) is 11.4. The first-order valence-electron chi connectivity index (χ1n) is 4.79. The maximum absolute atomic E-state index is 11.4. The van der Waals surface area contributed by atoms with E-state index in [1.54, 1.807) is 18.2 Å². The molecule has 0 bridgehead atoms. The quantitative estimate of drug-likeness (QED) is 0.588. The summed E-state index contributed by atoms with van der Waals surface area (Å²) in [5.74, 6) is -0.314. The molecule has 0 radical (unpaired) electrons. The molecule has 0 amide bonds. The molecule has 1 aromatic carbocycles. The molecule has 0 saturated heterocycles. The maximum atomic E-state index is 11.4. The van der Waals surface area contributed by atoms with Gasteiger partial charge in [-0.3, -0.25) is 0 Å². The van der Waals surface area contributed by atoms with Crippen molar-refractivity contribution in [1.82, 2.24) is 5.32 Å². The molecule has 3 nitrogen and oxygen atoms in total. The van der Waals surface area contributed by atoms with Gasteiger partial charge >= 0.3 is 5.97 Å². The lowest BCUT2D eigenvalue weighted by atomic mass is 10.1. The van der Waals surface area contributed by atoms with Gasteiger partial charge in [-0.1, -0.05) is 24.8 Å². The molecule has 0 aliphatic heterocycles. The topological polar surface area (TPSA) is 38.3 Å². The van der Waals surface area contributed by atoms with E-state index < -0.39 is 0 Å². The summed E-state index contributed by atoms with van der Waals surface area (Å²) in [6.45, 7) is 4.52. The molecule has 0 aliphatic rings. The lowest BCUT2D eigenvalue weighted by Crippen LogP contribution is -2.07. The summed E-state index contributed by atoms with van der Waals surface area (Å²) < 4.78 is 4.90. The van der Waals surface area contributed by atoms with E-state index in [0.717, 1.165) is 12.1 Å². The Bertz CT molecular complexity index is 330. The van der Waals surface area contributed by atoms with Gasteiger partial charge in [-0.15, -0.1) is 0 Å². The Kier molecular flexibility index (Phi) is 4.57. The number of carbonyl (C=O) groups excluding carboxylic acids is 1. The second kappa shape index (κ2) is 5.98. The van der Waals surface area contributed by atoms with Crippen LogP contribution in [0.4, 0.5) is 0 Å². The molecular weight excluding hydrogens is 190 g/mol. The van der Waals surface area contributed by atoms with E-state index in [2.05, 4.69) is 11.9 Å². The van der Waals surface area contributed by atoms with E-state index in [-0.39, 0.29) is 12.6 Å². The number of hydrogen-bond donors (Lipinski definition) is 1. The number of hydrogen-bond acceptors (Lipinski definition) is 3. The van der Waals surface area contributed by atoms with E-state index in [1.165, 1.54) is 0 Å². The highest BCUT2D eigenvalue weighted by Crippen LogP contribution is 2.05. The molecule has 0 unspecified atom stereocenters. The summed E-state index contributed by atoms with van der Waals surface area (Å²) >= 11 is 0. The van der Waals surface area contributed by atoms with Crippen LogP contribution in [0.15, 0.2) is 36.9 Å². The predicted octanol–water partition coefficient (Wildman–Crippen LogP) is 1.75. The number of ether oxygens (including phenoxy) is 1. The summed E-state index contributed by atoms with van der Waals surface area (Å²) in [6.07, 6.45) is 1.55. The number of benzene rings is 1. The molecule has 1 aromatic rings. The van der Waals surface area contributed by atoms with Crippen molar-refractivity contribution in [1.29, 1.82) is 0 Å². The standard InChI is InChI=1S/C12H15NO2/c1-3-8-15-12(14)11-6-4-10(5-7-11)9-13-2/h3-7,13H,1,8-9H2,2H3. The molecule has 0 spiro atoms. The van der Waals surface area contributed by atoms with Crippen molar-refractivity contribution in [3.63, 3.8) is 0 Å². The first-order valence-corrected chi connectivity index (χ1v) is 4.79. The highest BCUT2D eigenvalue weighted by molar-refractivity contribution is 5.89. The lowest BCUT2D eigenvalue weighted by Gasteiger charge is -2.03. The molecule has 1 rings (SSSR count). The Morgan fingerprint density at radius 3 is 2.67 bits per heavy atom. The van der Waals surface area contributed by atoms with Crippen LogP contribution in [0.3, 0.4) is 0 Å². The van der Waals surface area contributed by atoms with Crippen LogP contribution >= 0.6 is 0 Å². The van der Waals surface area contributed by atoms with E-state index in [0.29, 0.717) is 5.56 Å². The van der Waals surface area contributed by atoms with Crippen molar-refractivity contribution >= 4 is 5.97 Å². The minimum absolute atomic E-state index is 0.247. The summed E-state index contributed by atoms with van der Waals surface area (Å²) in [7, 11) is 1.88. The SMILES string of the molecule is C=CCOC(=O)c1ccc(CNC)cc1. The normalized spacial score (nSPS) is 9.67. The average Bonchev–Trinajstić information content (AvgIpc) is 2.27. The molecule has 0 aliphatic carbocycles. The average molecular weight is 205 g/mol. The van der Waals surface area contributed by atoms with Crippen LogP contribution < -0.4 is 5.32 Å². The van der Waals surface area contributed by atoms with Gasteiger partial charge in [0.1, 0.15) is 6.61 Å². The fourth-order valence-corrected chi connectivity index (χ4v) is 1.18. The Labute approximate surface area is 89.8 Å². The molecule has 0 saturated carbocycles. The van der Waals surface area contributed by atoms with Gasteiger partial charge < -0.3 is 10.1 Å². The zero-order valence-electron chi connectivity index (χ0n) is 8.82. The van der Waals surface area contributed by atoms with E-state index >= 15 is 0 Å². The Hall–Kier alpha value is -1.61. The fourth-order valence-electron chi connectivity index (χ4n) is 1.18. The van der Waals surface area contributed by atoms with Crippen LogP contribution in [0.25, 0.3) is 0 Å². The van der Waals surface area contributed by atoms with Crippen LogP contribution in [0.5, 0.6) is 0 Å². The number of esters is 1. The van der Waals surface area contributed by atoms with Crippen molar-refractivity contribution in [2.75, 3.05) is 13.7 Å². The Morgan fingerprint density at radius 2 is 2.13 bits per heavy atom. The Morgan fingerprint density at radius 1 is 1.47 bits per heavy atom. The molecule has 0 aromatic heterocycles. The zero-order valence-corrected chi connectivity index (χ0v) is 8.82. The van der Waals surface area contributed by atoms with Gasteiger partial charge in [0.05, 0.1) is 5.56 Å². The van der Waals surface area contributed by atoms with Crippen molar-refractivity contribution in [2.24, 2.45) is 0 Å². The first kappa shape index (κ1) is 11.5. The third-order valence-electron chi connectivity index (χ3n) is 1.90. The number of rotatable bonds is 5. The van der Waals surface area contributed by atoms with Crippen molar-refractivity contribution in [2.45, 2.75) is 6.54 Å².